The lowest BCUT2D eigenvalue weighted by atomic mass is 10.1. The molecule has 7 nitrogen and oxygen atoms in total. The predicted molar refractivity (Wildman–Crippen MR) is 77.8 cm³/mol. The van der Waals surface area contributed by atoms with E-state index in [4.69, 9.17) is 10.5 Å². The Kier molecular flexibility index (Phi) is 4.47. The van der Waals surface area contributed by atoms with Crippen LogP contribution in [0.15, 0.2) is 42.5 Å². The normalized spacial score (nSPS) is 10.0. The maximum absolute atomic E-state index is 11.1. The van der Waals surface area contributed by atoms with Gasteiger partial charge in [-0.3, -0.25) is 19.7 Å². The summed E-state index contributed by atoms with van der Waals surface area (Å²) in [5.41, 5.74) is 5.75. The molecule has 0 aliphatic heterocycles. The first-order valence-corrected chi connectivity index (χ1v) is 6.26. The van der Waals surface area contributed by atoms with Crippen molar-refractivity contribution in [2.24, 2.45) is 5.73 Å². The Hall–Kier alpha value is -3.22. The van der Waals surface area contributed by atoms with Crippen molar-refractivity contribution in [2.45, 2.75) is 6.61 Å². The molecule has 0 aliphatic rings. The van der Waals surface area contributed by atoms with E-state index in [9.17, 15) is 19.7 Å². The maximum atomic E-state index is 11.1. The average Bonchev–Trinajstić information content (AvgIpc) is 2.53. The van der Waals surface area contributed by atoms with Crippen LogP contribution in [-0.4, -0.2) is 17.1 Å². The largest absolute Gasteiger partial charge is 0.489 e. The van der Waals surface area contributed by atoms with Crippen LogP contribution in [0.1, 0.15) is 26.3 Å². The molecule has 0 radical (unpaired) electrons. The number of aldehydes is 1. The van der Waals surface area contributed by atoms with Gasteiger partial charge in [-0.25, -0.2) is 0 Å². The monoisotopic (exact) mass is 300 g/mol. The third-order valence-corrected chi connectivity index (χ3v) is 2.98. The number of nitro groups is 1. The highest BCUT2D eigenvalue weighted by atomic mass is 16.6. The number of hydrogen-bond acceptors (Lipinski definition) is 5. The van der Waals surface area contributed by atoms with E-state index in [0.717, 1.165) is 6.07 Å². The van der Waals surface area contributed by atoms with Gasteiger partial charge in [0.25, 0.3) is 5.69 Å². The highest BCUT2D eigenvalue weighted by molar-refractivity contribution is 5.93. The summed E-state index contributed by atoms with van der Waals surface area (Å²) in [5, 5.41) is 11.1. The lowest BCUT2D eigenvalue weighted by Gasteiger charge is -2.07. The Bertz CT molecular complexity index is 725. The highest BCUT2D eigenvalue weighted by Gasteiger charge is 2.16. The lowest BCUT2D eigenvalue weighted by Crippen LogP contribution is -2.12. The number of nitrogens with zero attached hydrogens (tertiary/aromatic N) is 1. The molecule has 0 saturated carbocycles. The van der Waals surface area contributed by atoms with Crippen molar-refractivity contribution in [1.29, 1.82) is 0 Å². The van der Waals surface area contributed by atoms with Crippen molar-refractivity contribution < 1.29 is 19.2 Å². The van der Waals surface area contributed by atoms with Crippen LogP contribution in [0.4, 0.5) is 5.69 Å². The van der Waals surface area contributed by atoms with Crippen molar-refractivity contribution in [2.75, 3.05) is 0 Å². The molecule has 2 N–H and O–H groups in total. The SMILES string of the molecule is NC(=O)c1ccc(COc2ccc(C=O)cc2)c([N+](=O)[O-])c1. The van der Waals surface area contributed by atoms with Crippen molar-refractivity contribution in [3.63, 3.8) is 0 Å². The molecule has 7 heteroatoms. The number of nitrogens with two attached hydrogens (primary N) is 1. The van der Waals surface area contributed by atoms with Crippen molar-refractivity contribution in [3.05, 3.63) is 69.3 Å². The molecule has 0 atom stereocenters. The molecule has 1 amide bonds. The number of ether oxygens (including phenoxy) is 1. The van der Waals surface area contributed by atoms with E-state index in [0.29, 0.717) is 23.2 Å². The number of hydrogen-bond donors (Lipinski definition) is 1. The Labute approximate surface area is 125 Å². The number of carbonyl (C=O) groups is 2. The summed E-state index contributed by atoms with van der Waals surface area (Å²) in [6, 6.07) is 10.3. The average molecular weight is 300 g/mol. The van der Waals surface area contributed by atoms with Crippen LogP contribution in [-0.2, 0) is 6.61 Å². The smallest absolute Gasteiger partial charge is 0.276 e. The standard InChI is InChI=1S/C15H12N2O5/c16-15(19)11-3-4-12(14(7-11)17(20)21)9-22-13-5-1-10(8-18)2-6-13/h1-8H,9H2,(H2,16,19). The summed E-state index contributed by atoms with van der Waals surface area (Å²) in [4.78, 5) is 32.1. The second-order valence-corrected chi connectivity index (χ2v) is 4.44. The second-order valence-electron chi connectivity index (χ2n) is 4.44. The zero-order valence-electron chi connectivity index (χ0n) is 11.4. The fraction of sp³-hybridized carbons (Fsp3) is 0.0667. The zero-order chi connectivity index (χ0) is 16.1. The molecule has 0 aliphatic carbocycles. The first kappa shape index (κ1) is 15.2. The molecule has 2 aromatic rings. The maximum Gasteiger partial charge on any atom is 0.276 e. The van der Waals surface area contributed by atoms with Gasteiger partial charge in [-0.2, -0.15) is 0 Å². The van der Waals surface area contributed by atoms with Gasteiger partial charge in [0, 0.05) is 17.2 Å². The van der Waals surface area contributed by atoms with Crippen LogP contribution in [0, 0.1) is 10.1 Å². The lowest BCUT2D eigenvalue weighted by molar-refractivity contribution is -0.385. The summed E-state index contributed by atoms with van der Waals surface area (Å²) in [5.74, 6) is -0.265. The Morgan fingerprint density at radius 2 is 1.91 bits per heavy atom. The summed E-state index contributed by atoms with van der Waals surface area (Å²) >= 11 is 0. The van der Waals surface area contributed by atoms with Crippen LogP contribution in [0.3, 0.4) is 0 Å². The van der Waals surface area contributed by atoms with E-state index in [1.165, 1.54) is 12.1 Å². The van der Waals surface area contributed by atoms with Crippen LogP contribution >= 0.6 is 0 Å². The van der Waals surface area contributed by atoms with Gasteiger partial charge in [0.05, 0.1) is 10.5 Å². The Morgan fingerprint density at radius 1 is 1.23 bits per heavy atom. The first-order chi connectivity index (χ1) is 10.5. The first-order valence-electron chi connectivity index (χ1n) is 6.26. The molecule has 0 aromatic heterocycles. The van der Waals surface area contributed by atoms with E-state index in [1.807, 2.05) is 0 Å². The minimum atomic E-state index is -0.736. The summed E-state index contributed by atoms with van der Waals surface area (Å²) in [6.07, 6.45) is 0.706. The molecule has 0 unspecified atom stereocenters. The van der Waals surface area contributed by atoms with Gasteiger partial charge in [0.2, 0.25) is 5.91 Å². The molecule has 22 heavy (non-hydrogen) atoms. The third-order valence-electron chi connectivity index (χ3n) is 2.98. The predicted octanol–water partition coefficient (Wildman–Crippen LogP) is 2.09. The van der Waals surface area contributed by atoms with Crippen LogP contribution in [0.25, 0.3) is 0 Å². The van der Waals surface area contributed by atoms with Crippen LogP contribution in [0.5, 0.6) is 5.75 Å². The van der Waals surface area contributed by atoms with Crippen LogP contribution in [0.2, 0.25) is 0 Å². The number of benzene rings is 2. The molecule has 2 aromatic carbocycles. The number of primary amides is 1. The number of rotatable bonds is 6. The van der Waals surface area contributed by atoms with E-state index < -0.39 is 10.8 Å². The van der Waals surface area contributed by atoms with Crippen molar-refractivity contribution in [1.82, 2.24) is 0 Å². The summed E-state index contributed by atoms with van der Waals surface area (Å²) < 4.78 is 5.45. The molecule has 0 bridgehead atoms. The molecule has 0 heterocycles. The summed E-state index contributed by atoms with van der Waals surface area (Å²) in [7, 11) is 0. The minimum Gasteiger partial charge on any atom is -0.489 e. The third kappa shape index (κ3) is 3.45. The molecule has 0 fully saturated rings. The van der Waals surface area contributed by atoms with E-state index in [2.05, 4.69) is 0 Å². The van der Waals surface area contributed by atoms with Gasteiger partial charge in [-0.15, -0.1) is 0 Å². The van der Waals surface area contributed by atoms with E-state index in [-0.39, 0.29) is 17.9 Å². The topological polar surface area (TPSA) is 113 Å². The van der Waals surface area contributed by atoms with Gasteiger partial charge in [-0.1, -0.05) is 0 Å². The quantitative estimate of drug-likeness (QED) is 0.498. The fourth-order valence-electron chi connectivity index (χ4n) is 1.81. The van der Waals surface area contributed by atoms with Crippen molar-refractivity contribution in [3.8, 4) is 5.75 Å². The molecule has 2 rings (SSSR count). The van der Waals surface area contributed by atoms with E-state index in [1.54, 1.807) is 24.3 Å². The van der Waals surface area contributed by atoms with E-state index >= 15 is 0 Å². The number of nitro benzene ring substituents is 1. The van der Waals surface area contributed by atoms with Crippen molar-refractivity contribution >= 4 is 17.9 Å². The molecule has 0 spiro atoms. The highest BCUT2D eigenvalue weighted by Crippen LogP contribution is 2.22. The number of amides is 1. The van der Waals surface area contributed by atoms with Gasteiger partial charge >= 0.3 is 0 Å². The van der Waals surface area contributed by atoms with Gasteiger partial charge < -0.3 is 10.5 Å². The van der Waals surface area contributed by atoms with Gasteiger partial charge in [-0.05, 0) is 36.4 Å². The van der Waals surface area contributed by atoms with Gasteiger partial charge in [0.1, 0.15) is 18.6 Å². The van der Waals surface area contributed by atoms with Gasteiger partial charge in [0.15, 0.2) is 0 Å². The zero-order valence-corrected chi connectivity index (χ0v) is 11.4. The molecule has 112 valence electrons. The molecular weight excluding hydrogens is 288 g/mol. The minimum absolute atomic E-state index is 0.0458. The Balaban J connectivity index is 2.19. The molecular formula is C15H12N2O5. The Morgan fingerprint density at radius 3 is 2.45 bits per heavy atom. The fourth-order valence-corrected chi connectivity index (χ4v) is 1.81. The second kappa shape index (κ2) is 6.49. The number of carbonyl (C=O) groups excluding carboxylic acids is 2. The summed E-state index contributed by atoms with van der Waals surface area (Å²) in [6.45, 7) is -0.0458. The van der Waals surface area contributed by atoms with Crippen LogP contribution < -0.4 is 10.5 Å². The molecule has 0 saturated heterocycles.